The van der Waals surface area contributed by atoms with Gasteiger partial charge in [-0.15, -0.1) is 0 Å². The van der Waals surface area contributed by atoms with Crippen molar-refractivity contribution in [3.8, 4) is 0 Å². The molecule has 0 aromatic carbocycles. The summed E-state index contributed by atoms with van der Waals surface area (Å²) in [5.74, 6) is -1.71. The molecule has 1 N–H and O–H groups in total. The van der Waals surface area contributed by atoms with Gasteiger partial charge in [0.25, 0.3) is 0 Å². The number of hydrogen-bond donors (Lipinski definition) is 1. The van der Waals surface area contributed by atoms with E-state index in [-0.39, 0.29) is 0 Å². The minimum absolute atomic E-state index is 0.447. The molecule has 0 rings (SSSR count). The van der Waals surface area contributed by atoms with Crippen molar-refractivity contribution in [1.29, 1.82) is 0 Å². The summed E-state index contributed by atoms with van der Waals surface area (Å²) in [6, 6.07) is 0. The molecular formula is C14H26O4Si. The Hall–Kier alpha value is -1.10. The topological polar surface area (TPSA) is 63.6 Å². The number of carboxylic acid groups (broad SMARTS) is 1. The molecule has 0 atom stereocenters. The second-order valence-electron chi connectivity index (χ2n) is 5.86. The minimum Gasteiger partial charge on any atom is -0.478 e. The van der Waals surface area contributed by atoms with Gasteiger partial charge in [-0.3, -0.25) is 0 Å². The zero-order valence-corrected chi connectivity index (χ0v) is 13.8. The monoisotopic (exact) mass is 286 g/mol. The van der Waals surface area contributed by atoms with Crippen LogP contribution in [-0.4, -0.2) is 31.3 Å². The molecule has 0 spiro atoms. The van der Waals surface area contributed by atoms with E-state index in [1.807, 2.05) is 0 Å². The number of esters is 1. The van der Waals surface area contributed by atoms with E-state index in [9.17, 15) is 9.59 Å². The first-order valence-corrected chi connectivity index (χ1v) is 9.16. The Morgan fingerprint density at radius 3 is 1.74 bits per heavy atom. The van der Waals surface area contributed by atoms with Crippen molar-refractivity contribution in [2.24, 2.45) is 0 Å². The van der Waals surface area contributed by atoms with Crippen LogP contribution in [0.5, 0.6) is 0 Å². The fraction of sp³-hybridized carbons (Fsp3) is 0.714. The molecule has 0 aromatic heterocycles. The van der Waals surface area contributed by atoms with Crippen LogP contribution in [0.4, 0.5) is 0 Å². The van der Waals surface area contributed by atoms with Crippen molar-refractivity contribution in [3.05, 3.63) is 12.2 Å². The van der Waals surface area contributed by atoms with Crippen LogP contribution in [0.3, 0.4) is 0 Å². The molecular weight excluding hydrogens is 260 g/mol. The highest BCUT2D eigenvalue weighted by molar-refractivity contribution is 6.83. The molecule has 0 heterocycles. The smallest absolute Gasteiger partial charge is 0.330 e. The Morgan fingerprint density at radius 2 is 1.42 bits per heavy atom. The van der Waals surface area contributed by atoms with Crippen LogP contribution in [0.25, 0.3) is 0 Å². The van der Waals surface area contributed by atoms with Gasteiger partial charge in [0.2, 0.25) is 0 Å². The summed E-state index contributed by atoms with van der Waals surface area (Å²) in [6.45, 7) is 13.1. The van der Waals surface area contributed by atoms with E-state index in [2.05, 4.69) is 41.5 Å². The zero-order chi connectivity index (χ0) is 15.2. The number of aliphatic carboxylic acids is 1. The molecule has 0 radical (unpaired) electrons. The maximum atomic E-state index is 11.5. The number of rotatable bonds is 7. The lowest BCUT2D eigenvalue weighted by atomic mass is 10.5. The van der Waals surface area contributed by atoms with Crippen LogP contribution in [0.1, 0.15) is 41.5 Å². The quantitative estimate of drug-likeness (QED) is 0.442. The van der Waals surface area contributed by atoms with Crippen molar-refractivity contribution in [1.82, 2.24) is 0 Å². The van der Waals surface area contributed by atoms with E-state index in [0.717, 1.165) is 12.2 Å². The van der Waals surface area contributed by atoms with Crippen molar-refractivity contribution < 1.29 is 19.4 Å². The lowest BCUT2D eigenvalue weighted by Crippen LogP contribution is -2.49. The first-order chi connectivity index (χ1) is 8.64. The second-order valence-corrected chi connectivity index (χ2v) is 11.8. The Bertz CT molecular complexity index is 324. The molecule has 0 amide bonds. The third-order valence-corrected chi connectivity index (χ3v) is 11.1. The number of ether oxygens (including phenoxy) is 1. The predicted octanol–water partition coefficient (Wildman–Crippen LogP) is 3.39. The SMILES string of the molecule is CC(C)[Si](COC(=O)/C=C\C(=O)O)(C(C)C)C(C)C. The predicted molar refractivity (Wildman–Crippen MR) is 78.8 cm³/mol. The summed E-state index contributed by atoms with van der Waals surface area (Å²) in [4.78, 5) is 21.9. The fourth-order valence-corrected chi connectivity index (χ4v) is 8.28. The standard InChI is InChI=1S/C14H26O4Si/c1-10(2)19(11(3)4,12(5)6)9-18-14(17)8-7-13(15)16/h7-8,10-12H,9H2,1-6H3,(H,15,16)/b8-7-. The third-order valence-electron chi connectivity index (χ3n) is 4.05. The molecule has 0 aliphatic rings. The summed E-state index contributed by atoms with van der Waals surface area (Å²) in [5.41, 5.74) is 1.51. The summed E-state index contributed by atoms with van der Waals surface area (Å²) >= 11 is 0. The lowest BCUT2D eigenvalue weighted by molar-refractivity contribution is -0.137. The highest BCUT2D eigenvalue weighted by atomic mass is 28.3. The number of carbonyl (C=O) groups is 2. The van der Waals surface area contributed by atoms with Crippen LogP contribution in [0.15, 0.2) is 12.2 Å². The number of hydrogen-bond acceptors (Lipinski definition) is 3. The molecule has 0 fully saturated rings. The van der Waals surface area contributed by atoms with Gasteiger partial charge in [0.05, 0.1) is 6.23 Å². The van der Waals surface area contributed by atoms with Crippen LogP contribution in [-0.2, 0) is 14.3 Å². The second kappa shape index (κ2) is 7.48. The van der Waals surface area contributed by atoms with Crippen molar-refractivity contribution >= 4 is 20.0 Å². The number of carboxylic acids is 1. The largest absolute Gasteiger partial charge is 0.478 e. The summed E-state index contributed by atoms with van der Waals surface area (Å²) in [6.07, 6.45) is 2.23. The Morgan fingerprint density at radius 1 is 1.00 bits per heavy atom. The molecule has 19 heavy (non-hydrogen) atoms. The Labute approximate surface area is 116 Å². The van der Waals surface area contributed by atoms with Gasteiger partial charge in [0.1, 0.15) is 8.07 Å². The van der Waals surface area contributed by atoms with Gasteiger partial charge in [-0.1, -0.05) is 41.5 Å². The molecule has 0 aliphatic carbocycles. The van der Waals surface area contributed by atoms with Gasteiger partial charge >= 0.3 is 11.9 Å². The van der Waals surface area contributed by atoms with Crippen LogP contribution < -0.4 is 0 Å². The van der Waals surface area contributed by atoms with E-state index < -0.39 is 20.0 Å². The van der Waals surface area contributed by atoms with Crippen molar-refractivity contribution in [2.75, 3.05) is 6.23 Å². The highest BCUT2D eigenvalue weighted by Crippen LogP contribution is 2.41. The molecule has 0 aliphatic heterocycles. The van der Waals surface area contributed by atoms with E-state index >= 15 is 0 Å². The maximum Gasteiger partial charge on any atom is 0.330 e. The van der Waals surface area contributed by atoms with E-state index in [4.69, 9.17) is 9.84 Å². The van der Waals surface area contributed by atoms with Gasteiger partial charge < -0.3 is 9.84 Å². The molecule has 0 bridgehead atoms. The molecule has 0 aromatic rings. The van der Waals surface area contributed by atoms with Crippen molar-refractivity contribution in [3.63, 3.8) is 0 Å². The van der Waals surface area contributed by atoms with Gasteiger partial charge in [0.15, 0.2) is 0 Å². The fourth-order valence-electron chi connectivity index (χ4n) is 2.88. The third kappa shape index (κ3) is 4.82. The molecule has 4 nitrogen and oxygen atoms in total. The average molecular weight is 286 g/mol. The van der Waals surface area contributed by atoms with Gasteiger partial charge in [-0.25, -0.2) is 9.59 Å². The van der Waals surface area contributed by atoms with Gasteiger partial charge in [0, 0.05) is 12.2 Å². The van der Waals surface area contributed by atoms with Crippen LogP contribution >= 0.6 is 0 Å². The maximum absolute atomic E-state index is 11.5. The van der Waals surface area contributed by atoms with Crippen LogP contribution in [0.2, 0.25) is 16.6 Å². The molecule has 5 heteroatoms. The van der Waals surface area contributed by atoms with Gasteiger partial charge in [-0.05, 0) is 16.6 Å². The highest BCUT2D eigenvalue weighted by Gasteiger charge is 2.43. The normalized spacial score (nSPS) is 12.7. The van der Waals surface area contributed by atoms with E-state index in [1.54, 1.807) is 0 Å². The summed E-state index contributed by atoms with van der Waals surface area (Å²) < 4.78 is 5.31. The average Bonchev–Trinajstić information content (AvgIpc) is 2.25. The summed E-state index contributed by atoms with van der Waals surface area (Å²) in [7, 11) is -1.77. The van der Waals surface area contributed by atoms with E-state index in [0.29, 0.717) is 22.9 Å². The zero-order valence-electron chi connectivity index (χ0n) is 12.8. The molecule has 0 saturated heterocycles. The molecule has 0 unspecified atom stereocenters. The summed E-state index contributed by atoms with van der Waals surface area (Å²) in [5, 5.41) is 8.47. The lowest BCUT2D eigenvalue weighted by Gasteiger charge is -2.42. The molecule has 110 valence electrons. The van der Waals surface area contributed by atoms with Crippen molar-refractivity contribution in [2.45, 2.75) is 58.2 Å². The van der Waals surface area contributed by atoms with Gasteiger partial charge in [-0.2, -0.15) is 0 Å². The minimum atomic E-state index is -1.77. The Balaban J connectivity index is 4.86. The Kier molecular flexibility index (Phi) is 7.04. The molecule has 0 saturated carbocycles. The number of carbonyl (C=O) groups excluding carboxylic acids is 1. The van der Waals surface area contributed by atoms with Crippen LogP contribution in [0, 0.1) is 0 Å². The first kappa shape index (κ1) is 17.9. The van der Waals surface area contributed by atoms with E-state index in [1.165, 1.54) is 0 Å². The first-order valence-electron chi connectivity index (χ1n) is 6.72.